The third kappa shape index (κ3) is 3.31. The maximum absolute atomic E-state index is 10.5. The largest absolute Gasteiger partial charge is 0.496 e. The van der Waals surface area contributed by atoms with Gasteiger partial charge in [-0.3, -0.25) is 0 Å². The molecule has 2 aromatic rings. The summed E-state index contributed by atoms with van der Waals surface area (Å²) in [5, 5.41) is 10.5. The van der Waals surface area contributed by atoms with Crippen LogP contribution in [0.1, 0.15) is 31.1 Å². The average Bonchev–Trinajstić information content (AvgIpc) is 2.46. The van der Waals surface area contributed by atoms with Gasteiger partial charge in [0.25, 0.3) is 0 Å². The van der Waals surface area contributed by atoms with Crippen molar-refractivity contribution in [2.45, 2.75) is 26.1 Å². The van der Waals surface area contributed by atoms with E-state index in [1.807, 2.05) is 62.4 Å². The summed E-state index contributed by atoms with van der Waals surface area (Å²) in [7, 11) is 1.60. The summed E-state index contributed by atoms with van der Waals surface area (Å²) in [6, 6.07) is 15.0. The van der Waals surface area contributed by atoms with Gasteiger partial charge in [-0.25, -0.2) is 0 Å². The van der Waals surface area contributed by atoms with E-state index in [0.717, 1.165) is 16.9 Å². The molecule has 0 radical (unpaired) electrons. The lowest BCUT2D eigenvalue weighted by Crippen LogP contribution is -2.07. The minimum Gasteiger partial charge on any atom is -0.496 e. The van der Waals surface area contributed by atoms with Crippen molar-refractivity contribution < 1.29 is 14.6 Å². The number of aliphatic hydroxyl groups is 1. The van der Waals surface area contributed by atoms with Crippen molar-refractivity contribution in [3.63, 3.8) is 0 Å². The van der Waals surface area contributed by atoms with Crippen molar-refractivity contribution >= 4 is 0 Å². The van der Waals surface area contributed by atoms with E-state index in [0.29, 0.717) is 5.75 Å². The highest BCUT2D eigenvalue weighted by molar-refractivity contribution is 5.42. The molecule has 0 saturated carbocycles. The van der Waals surface area contributed by atoms with Crippen molar-refractivity contribution in [2.24, 2.45) is 0 Å². The molecule has 3 heteroatoms. The van der Waals surface area contributed by atoms with Gasteiger partial charge >= 0.3 is 0 Å². The quantitative estimate of drug-likeness (QED) is 0.904. The van der Waals surface area contributed by atoms with Crippen molar-refractivity contribution in [3.8, 4) is 11.5 Å². The number of hydrogen-bond acceptors (Lipinski definition) is 3. The lowest BCUT2D eigenvalue weighted by Gasteiger charge is -2.16. The van der Waals surface area contributed by atoms with Crippen molar-refractivity contribution in [1.82, 2.24) is 0 Å². The summed E-state index contributed by atoms with van der Waals surface area (Å²) in [6.45, 7) is 3.95. The Labute approximate surface area is 119 Å². The molecule has 1 N–H and O–H groups in total. The molecule has 20 heavy (non-hydrogen) atoms. The van der Waals surface area contributed by atoms with Crippen LogP contribution in [0.3, 0.4) is 0 Å². The summed E-state index contributed by atoms with van der Waals surface area (Å²) < 4.78 is 10.9. The number of benzene rings is 2. The summed E-state index contributed by atoms with van der Waals surface area (Å²) in [5.74, 6) is 1.43. The molecule has 0 bridgehead atoms. The second kappa shape index (κ2) is 6.44. The number of ether oxygens (including phenoxy) is 2. The zero-order chi connectivity index (χ0) is 14.5. The Bertz CT molecular complexity index is 564. The van der Waals surface area contributed by atoms with Crippen molar-refractivity contribution in [2.75, 3.05) is 7.11 Å². The Balaban J connectivity index is 2.30. The topological polar surface area (TPSA) is 38.7 Å². The van der Waals surface area contributed by atoms with Gasteiger partial charge < -0.3 is 14.6 Å². The van der Waals surface area contributed by atoms with Crippen molar-refractivity contribution in [3.05, 3.63) is 59.7 Å². The van der Waals surface area contributed by atoms with E-state index in [1.54, 1.807) is 7.11 Å². The predicted octanol–water partition coefficient (Wildman–Crippen LogP) is 3.56. The molecule has 0 aromatic heterocycles. The summed E-state index contributed by atoms with van der Waals surface area (Å²) in [4.78, 5) is 0. The summed E-state index contributed by atoms with van der Waals surface area (Å²) in [5.41, 5.74) is 1.53. The summed E-state index contributed by atoms with van der Waals surface area (Å²) in [6.07, 6.45) is -0.629. The normalized spacial score (nSPS) is 12.2. The van der Waals surface area contributed by atoms with Crippen LogP contribution in [-0.2, 0) is 0 Å². The van der Waals surface area contributed by atoms with Gasteiger partial charge in [-0.1, -0.05) is 30.3 Å². The average molecular weight is 272 g/mol. The number of rotatable bonds is 5. The molecule has 0 aliphatic rings. The van der Waals surface area contributed by atoms with Gasteiger partial charge in [0.2, 0.25) is 0 Å². The lowest BCUT2D eigenvalue weighted by atomic mass is 10.0. The number of hydrogen-bond donors (Lipinski definition) is 1. The molecule has 0 spiro atoms. The van der Waals surface area contributed by atoms with Gasteiger partial charge in [-0.2, -0.15) is 0 Å². The van der Waals surface area contributed by atoms with Crippen LogP contribution in [0.4, 0.5) is 0 Å². The van der Waals surface area contributed by atoms with Crippen molar-refractivity contribution in [1.29, 1.82) is 0 Å². The van der Waals surface area contributed by atoms with Crippen LogP contribution < -0.4 is 9.47 Å². The number of para-hydroxylation sites is 1. The van der Waals surface area contributed by atoms with Gasteiger partial charge in [0.1, 0.15) is 17.6 Å². The highest BCUT2D eigenvalue weighted by Gasteiger charge is 2.15. The van der Waals surface area contributed by atoms with E-state index >= 15 is 0 Å². The monoisotopic (exact) mass is 272 g/mol. The first kappa shape index (κ1) is 14.4. The van der Waals surface area contributed by atoms with Gasteiger partial charge in [0.15, 0.2) is 0 Å². The molecule has 0 heterocycles. The fraction of sp³-hybridized carbons (Fsp3) is 0.294. The molecule has 3 nitrogen and oxygen atoms in total. The molecule has 2 aromatic carbocycles. The molecule has 0 saturated heterocycles. The molecule has 0 aliphatic heterocycles. The van der Waals surface area contributed by atoms with E-state index < -0.39 is 6.10 Å². The first-order valence-corrected chi connectivity index (χ1v) is 6.69. The highest BCUT2D eigenvalue weighted by atomic mass is 16.5. The van der Waals surface area contributed by atoms with E-state index in [4.69, 9.17) is 9.47 Å². The lowest BCUT2D eigenvalue weighted by molar-refractivity contribution is 0.211. The molecule has 0 aliphatic carbocycles. The Morgan fingerprint density at radius 3 is 2.45 bits per heavy atom. The first-order valence-electron chi connectivity index (χ1n) is 6.69. The van der Waals surface area contributed by atoms with Gasteiger partial charge in [-0.05, 0) is 37.6 Å². The first-order chi connectivity index (χ1) is 9.61. The van der Waals surface area contributed by atoms with Crippen LogP contribution in [0, 0.1) is 0 Å². The molecule has 1 unspecified atom stereocenters. The molecule has 1 atom stereocenters. The fourth-order valence-corrected chi connectivity index (χ4v) is 2.10. The van der Waals surface area contributed by atoms with E-state index in [1.165, 1.54) is 0 Å². The molecule has 2 rings (SSSR count). The maximum atomic E-state index is 10.5. The second-order valence-electron chi connectivity index (χ2n) is 4.88. The minimum atomic E-state index is -0.734. The van der Waals surface area contributed by atoms with Gasteiger partial charge in [0.05, 0.1) is 13.2 Å². The highest BCUT2D eigenvalue weighted by Crippen LogP contribution is 2.31. The summed E-state index contributed by atoms with van der Waals surface area (Å²) >= 11 is 0. The smallest absolute Gasteiger partial charge is 0.125 e. The van der Waals surface area contributed by atoms with E-state index in [9.17, 15) is 5.11 Å². The Morgan fingerprint density at radius 1 is 1.00 bits per heavy atom. The maximum Gasteiger partial charge on any atom is 0.125 e. The second-order valence-corrected chi connectivity index (χ2v) is 4.88. The van der Waals surface area contributed by atoms with Gasteiger partial charge in [0, 0.05) is 5.56 Å². The van der Waals surface area contributed by atoms with Crippen LogP contribution in [0.5, 0.6) is 11.5 Å². The van der Waals surface area contributed by atoms with Gasteiger partial charge in [-0.15, -0.1) is 0 Å². The zero-order valence-electron chi connectivity index (χ0n) is 12.0. The third-order valence-corrected chi connectivity index (χ3v) is 2.98. The van der Waals surface area contributed by atoms with Crippen LogP contribution in [0.15, 0.2) is 48.5 Å². The standard InChI is InChI=1S/C17H20O3/c1-12(2)20-14-8-6-7-13(11-14)17(18)15-9-4-5-10-16(15)19-3/h4-12,17-18H,1-3H3. The predicted molar refractivity (Wildman–Crippen MR) is 79.3 cm³/mol. The SMILES string of the molecule is COc1ccccc1C(O)c1cccc(OC(C)C)c1. The third-order valence-electron chi connectivity index (χ3n) is 2.98. The molecule has 0 amide bonds. The Morgan fingerprint density at radius 2 is 1.75 bits per heavy atom. The van der Waals surface area contributed by atoms with Crippen LogP contribution in [0.25, 0.3) is 0 Å². The minimum absolute atomic E-state index is 0.105. The fourth-order valence-electron chi connectivity index (χ4n) is 2.10. The van der Waals surface area contributed by atoms with E-state index in [-0.39, 0.29) is 6.10 Å². The van der Waals surface area contributed by atoms with Crippen LogP contribution in [-0.4, -0.2) is 18.3 Å². The van der Waals surface area contributed by atoms with Crippen LogP contribution >= 0.6 is 0 Å². The van der Waals surface area contributed by atoms with Crippen LogP contribution in [0.2, 0.25) is 0 Å². The zero-order valence-corrected chi connectivity index (χ0v) is 12.0. The molecular formula is C17H20O3. The van der Waals surface area contributed by atoms with E-state index in [2.05, 4.69) is 0 Å². The molecular weight excluding hydrogens is 252 g/mol. The Kier molecular flexibility index (Phi) is 4.64. The number of aliphatic hydroxyl groups excluding tert-OH is 1. The molecule has 0 fully saturated rings. The number of methoxy groups -OCH3 is 1. The Hall–Kier alpha value is -2.00. The molecule has 106 valence electrons.